The highest BCUT2D eigenvalue weighted by atomic mass is 32.2. The predicted molar refractivity (Wildman–Crippen MR) is 89.0 cm³/mol. The molecular weight excluding hydrogens is 296 g/mol. The van der Waals surface area contributed by atoms with Gasteiger partial charge in [-0.2, -0.15) is 0 Å². The Morgan fingerprint density at radius 2 is 2.18 bits per heavy atom. The van der Waals surface area contributed by atoms with Crippen molar-refractivity contribution in [2.45, 2.75) is 12.3 Å². The molecule has 2 N–H and O–H groups in total. The molecule has 4 rings (SSSR count). The van der Waals surface area contributed by atoms with E-state index >= 15 is 0 Å². The van der Waals surface area contributed by atoms with Crippen molar-refractivity contribution in [1.29, 1.82) is 0 Å². The maximum absolute atomic E-state index is 11.3. The Balaban J connectivity index is 1.91. The Bertz CT molecular complexity index is 956. The van der Waals surface area contributed by atoms with Gasteiger partial charge in [-0.1, -0.05) is 24.3 Å². The molecule has 0 aliphatic heterocycles. The molecule has 0 radical (unpaired) electrons. The Morgan fingerprint density at radius 1 is 1.27 bits per heavy atom. The van der Waals surface area contributed by atoms with Gasteiger partial charge in [0, 0.05) is 33.3 Å². The minimum absolute atomic E-state index is 0.0963. The largest absolute Gasteiger partial charge is 0.339 e. The van der Waals surface area contributed by atoms with E-state index in [0.717, 1.165) is 27.5 Å². The van der Waals surface area contributed by atoms with Crippen LogP contribution in [0, 0.1) is 0 Å². The molecule has 2 heterocycles. The highest BCUT2D eigenvalue weighted by molar-refractivity contribution is 7.83. The van der Waals surface area contributed by atoms with Gasteiger partial charge in [0.2, 0.25) is 0 Å². The van der Waals surface area contributed by atoms with Crippen LogP contribution in [-0.2, 0) is 11.1 Å². The van der Waals surface area contributed by atoms with Crippen LogP contribution in [0.1, 0.15) is 17.9 Å². The smallest absolute Gasteiger partial charge is 0.182 e. The molecule has 4 nitrogen and oxygen atoms in total. The summed E-state index contributed by atoms with van der Waals surface area (Å²) in [6.45, 7) is 0. The summed E-state index contributed by atoms with van der Waals surface area (Å²) >= 11 is -1.91. The van der Waals surface area contributed by atoms with E-state index in [-0.39, 0.29) is 5.92 Å². The maximum atomic E-state index is 11.3. The van der Waals surface area contributed by atoms with Crippen molar-refractivity contribution in [2.75, 3.05) is 0 Å². The van der Waals surface area contributed by atoms with Gasteiger partial charge in [-0.3, -0.25) is 0 Å². The van der Waals surface area contributed by atoms with Gasteiger partial charge in [-0.15, -0.1) is 0 Å². The number of nitrogens with one attached hydrogen (secondary N) is 1. The van der Waals surface area contributed by atoms with E-state index < -0.39 is 11.1 Å². The molecule has 2 aromatic heterocycles. The van der Waals surface area contributed by atoms with Gasteiger partial charge in [0.15, 0.2) is 11.1 Å². The van der Waals surface area contributed by atoms with Gasteiger partial charge in [0.05, 0.1) is 0 Å². The number of nitrogens with zero attached hydrogens (tertiary/aromatic N) is 1. The Morgan fingerprint density at radius 3 is 3.05 bits per heavy atom. The van der Waals surface area contributed by atoms with Crippen molar-refractivity contribution in [2.24, 2.45) is 0 Å². The second kappa shape index (κ2) is 5.19. The number of pyridine rings is 1. The van der Waals surface area contributed by atoms with Gasteiger partial charge in [0.25, 0.3) is 0 Å². The first kappa shape index (κ1) is 13.4. The summed E-state index contributed by atoms with van der Waals surface area (Å²) in [5, 5.41) is 2.23. The number of aromatic amines is 1. The quantitative estimate of drug-likeness (QED) is 0.706. The number of H-pyrrole nitrogens is 1. The maximum Gasteiger partial charge on any atom is 0.182 e. The molecule has 0 amide bonds. The van der Waals surface area contributed by atoms with Crippen LogP contribution in [0.15, 0.2) is 59.7 Å². The van der Waals surface area contributed by atoms with Crippen LogP contribution in [0.2, 0.25) is 0 Å². The summed E-state index contributed by atoms with van der Waals surface area (Å²) in [5.74, 6) is 0.0963. The van der Waals surface area contributed by atoms with Gasteiger partial charge in [0.1, 0.15) is 5.65 Å². The number of hydrogen-bond donors (Lipinski definition) is 2. The molecular formula is C17H14N2O2S. The first-order valence-electron chi connectivity index (χ1n) is 7.07. The molecule has 3 aromatic rings. The average molecular weight is 310 g/mol. The minimum Gasteiger partial charge on any atom is -0.339 e. The summed E-state index contributed by atoms with van der Waals surface area (Å²) in [4.78, 5) is 8.26. The number of rotatable bonds is 2. The number of hydrogen-bond acceptors (Lipinski definition) is 2. The van der Waals surface area contributed by atoms with E-state index in [1.54, 1.807) is 12.3 Å². The molecule has 110 valence electrons. The second-order valence-electron chi connectivity index (χ2n) is 5.37. The number of fused-ring (bicyclic) bond motifs is 3. The molecule has 1 aromatic carbocycles. The molecule has 0 bridgehead atoms. The highest BCUT2D eigenvalue weighted by Gasteiger charge is 2.20. The lowest BCUT2D eigenvalue weighted by atomic mass is 9.89. The fraction of sp³-hybridized carbons (Fsp3) is 0.118. The van der Waals surface area contributed by atoms with E-state index in [1.165, 1.54) is 0 Å². The lowest BCUT2D eigenvalue weighted by molar-refractivity contribution is 0.567. The van der Waals surface area contributed by atoms with Crippen molar-refractivity contribution in [1.82, 2.24) is 9.97 Å². The third-order valence-electron chi connectivity index (χ3n) is 4.10. The van der Waals surface area contributed by atoms with Crippen LogP contribution in [0.3, 0.4) is 0 Å². The third kappa shape index (κ3) is 2.10. The van der Waals surface area contributed by atoms with Crippen molar-refractivity contribution in [3.05, 3.63) is 65.2 Å². The normalized spacial score (nSPS) is 19.5. The molecule has 0 saturated heterocycles. The number of benzene rings is 1. The van der Waals surface area contributed by atoms with E-state index in [2.05, 4.69) is 28.2 Å². The molecule has 5 heteroatoms. The Labute approximate surface area is 129 Å². The molecule has 2 atom stereocenters. The zero-order chi connectivity index (χ0) is 15.1. The number of allylic oxidation sites excluding steroid dienone is 4. The van der Waals surface area contributed by atoms with Gasteiger partial charge in [-0.25, -0.2) is 9.19 Å². The summed E-state index contributed by atoms with van der Waals surface area (Å²) < 4.78 is 20.7. The minimum atomic E-state index is -1.91. The standard InChI is InChI=1S/C17H14N2O2S/c20-22(21)12-5-1-4-11(10-12)13-6-2-8-15-16(13)14-7-3-9-18-17(14)19-15/h1-9,11H,10H2,(H,18,19)(H,20,21). The van der Waals surface area contributed by atoms with Crippen molar-refractivity contribution in [3.63, 3.8) is 0 Å². The van der Waals surface area contributed by atoms with Crippen molar-refractivity contribution < 1.29 is 8.76 Å². The van der Waals surface area contributed by atoms with Crippen LogP contribution in [-0.4, -0.2) is 18.7 Å². The average Bonchev–Trinajstić information content (AvgIpc) is 2.93. The van der Waals surface area contributed by atoms with E-state index in [0.29, 0.717) is 11.3 Å². The lowest BCUT2D eigenvalue weighted by Gasteiger charge is -2.18. The van der Waals surface area contributed by atoms with Crippen LogP contribution in [0.5, 0.6) is 0 Å². The predicted octanol–water partition coefficient (Wildman–Crippen LogP) is 3.87. The van der Waals surface area contributed by atoms with Crippen LogP contribution >= 0.6 is 0 Å². The molecule has 0 saturated carbocycles. The topological polar surface area (TPSA) is 66.0 Å². The van der Waals surface area contributed by atoms with E-state index in [1.807, 2.05) is 24.3 Å². The zero-order valence-electron chi connectivity index (χ0n) is 11.7. The summed E-state index contributed by atoms with van der Waals surface area (Å²) in [6, 6.07) is 10.1. The molecule has 1 aliphatic rings. The molecule has 22 heavy (non-hydrogen) atoms. The van der Waals surface area contributed by atoms with Crippen molar-refractivity contribution in [3.8, 4) is 0 Å². The number of aromatic nitrogens is 2. The highest BCUT2D eigenvalue weighted by Crippen LogP contribution is 2.36. The van der Waals surface area contributed by atoms with Gasteiger partial charge >= 0.3 is 0 Å². The Kier molecular flexibility index (Phi) is 3.17. The van der Waals surface area contributed by atoms with Crippen LogP contribution < -0.4 is 0 Å². The molecule has 2 unspecified atom stereocenters. The van der Waals surface area contributed by atoms with E-state index in [4.69, 9.17) is 0 Å². The SMILES string of the molecule is O=S(O)C1=CC=CC(c2cccc3[nH]c4ncccc4c23)C1. The molecule has 0 fully saturated rings. The second-order valence-corrected chi connectivity index (χ2v) is 6.39. The van der Waals surface area contributed by atoms with E-state index in [9.17, 15) is 8.76 Å². The lowest BCUT2D eigenvalue weighted by Crippen LogP contribution is -2.05. The van der Waals surface area contributed by atoms with Gasteiger partial charge < -0.3 is 9.54 Å². The third-order valence-corrected chi connectivity index (χ3v) is 4.85. The monoisotopic (exact) mass is 310 g/mol. The zero-order valence-corrected chi connectivity index (χ0v) is 12.5. The van der Waals surface area contributed by atoms with Crippen LogP contribution in [0.25, 0.3) is 21.9 Å². The van der Waals surface area contributed by atoms with Crippen molar-refractivity contribution >= 4 is 33.0 Å². The van der Waals surface area contributed by atoms with Crippen LogP contribution in [0.4, 0.5) is 0 Å². The molecule has 0 spiro atoms. The van der Waals surface area contributed by atoms with Gasteiger partial charge in [-0.05, 0) is 36.3 Å². The molecule has 1 aliphatic carbocycles. The summed E-state index contributed by atoms with van der Waals surface area (Å²) in [6.07, 6.45) is 8.01. The Hall–Kier alpha value is -2.24. The summed E-state index contributed by atoms with van der Waals surface area (Å²) in [5.41, 5.74) is 3.07. The fourth-order valence-electron chi connectivity index (χ4n) is 3.11. The summed E-state index contributed by atoms with van der Waals surface area (Å²) in [7, 11) is 0. The fourth-order valence-corrected chi connectivity index (χ4v) is 3.63. The first-order valence-corrected chi connectivity index (χ1v) is 8.18. The first-order chi connectivity index (χ1) is 10.7.